The van der Waals surface area contributed by atoms with Crippen LogP contribution in [0.1, 0.15) is 27.0 Å². The molecule has 2 aliphatic rings. The smallest absolute Gasteiger partial charge is 0.273 e. The van der Waals surface area contributed by atoms with E-state index in [9.17, 15) is 13.2 Å². The third-order valence-electron chi connectivity index (χ3n) is 5.36. The average molecular weight is 400 g/mol. The van der Waals surface area contributed by atoms with Crippen molar-refractivity contribution < 1.29 is 17.6 Å². The Hall–Kier alpha value is -2.45. The van der Waals surface area contributed by atoms with E-state index in [1.807, 2.05) is 25.1 Å². The molecule has 2 atom stereocenters. The second-order valence-electron chi connectivity index (χ2n) is 6.92. The molecule has 3 aromatic rings. The summed E-state index contributed by atoms with van der Waals surface area (Å²) in [6.45, 7) is 2.44. The van der Waals surface area contributed by atoms with Crippen molar-refractivity contribution in [3.8, 4) is 11.1 Å². The van der Waals surface area contributed by atoms with Crippen LogP contribution in [0.3, 0.4) is 0 Å². The van der Waals surface area contributed by atoms with Gasteiger partial charge in [0, 0.05) is 30.0 Å². The van der Waals surface area contributed by atoms with Crippen LogP contribution in [0.25, 0.3) is 11.1 Å². The maximum Gasteiger partial charge on any atom is 0.273 e. The molecule has 6 nitrogen and oxygen atoms in total. The van der Waals surface area contributed by atoms with Crippen LogP contribution in [-0.2, 0) is 9.84 Å². The highest BCUT2D eigenvalue weighted by Gasteiger charge is 2.51. The van der Waals surface area contributed by atoms with Gasteiger partial charge >= 0.3 is 0 Å². The third-order valence-corrected chi connectivity index (χ3v) is 8.39. The van der Waals surface area contributed by atoms with Gasteiger partial charge < -0.3 is 9.32 Å². The molecule has 1 fully saturated rings. The first-order valence-corrected chi connectivity index (χ1v) is 11.0. The fraction of sp³-hybridized carbons (Fsp3) is 0.263. The van der Waals surface area contributed by atoms with Crippen LogP contribution in [-0.4, -0.2) is 42.5 Å². The van der Waals surface area contributed by atoms with Gasteiger partial charge in [0.05, 0.1) is 27.7 Å². The Morgan fingerprint density at radius 3 is 2.81 bits per heavy atom. The van der Waals surface area contributed by atoms with Crippen LogP contribution in [0.2, 0.25) is 0 Å². The first kappa shape index (κ1) is 16.7. The van der Waals surface area contributed by atoms with Gasteiger partial charge in [0.1, 0.15) is 5.69 Å². The lowest BCUT2D eigenvalue weighted by molar-refractivity contribution is 0.0785. The number of furan rings is 1. The summed E-state index contributed by atoms with van der Waals surface area (Å²) < 4.78 is 31.1. The summed E-state index contributed by atoms with van der Waals surface area (Å²) in [5.41, 5.74) is 3.01. The second-order valence-corrected chi connectivity index (χ2v) is 10.1. The van der Waals surface area contributed by atoms with E-state index >= 15 is 0 Å². The van der Waals surface area contributed by atoms with Crippen molar-refractivity contribution in [2.75, 3.05) is 13.1 Å². The summed E-state index contributed by atoms with van der Waals surface area (Å²) in [7, 11) is -3.45. The number of amides is 1. The normalized spacial score (nSPS) is 22.6. The van der Waals surface area contributed by atoms with E-state index in [2.05, 4.69) is 4.98 Å². The number of rotatable bonds is 2. The molecule has 0 unspecified atom stereocenters. The molecule has 0 spiro atoms. The van der Waals surface area contributed by atoms with Crippen LogP contribution < -0.4 is 0 Å². The molecule has 0 saturated carbocycles. The molecule has 2 aromatic heterocycles. The highest BCUT2D eigenvalue weighted by molar-refractivity contribution is 7.92. The first-order chi connectivity index (χ1) is 12.9. The van der Waals surface area contributed by atoms with Crippen molar-refractivity contribution in [3.63, 3.8) is 0 Å². The first-order valence-electron chi connectivity index (χ1n) is 8.57. The average Bonchev–Trinajstić information content (AvgIpc) is 3.41. The summed E-state index contributed by atoms with van der Waals surface area (Å²) in [5.74, 6) is -0.406. The van der Waals surface area contributed by atoms with Crippen LogP contribution in [0, 0.1) is 6.92 Å². The van der Waals surface area contributed by atoms with Gasteiger partial charge in [-0.05, 0) is 36.2 Å². The Kier molecular flexibility index (Phi) is 3.57. The number of carbonyl (C=O) groups excluding carboxylic acids is 1. The summed E-state index contributed by atoms with van der Waals surface area (Å²) >= 11 is 1.42. The molecule has 1 amide bonds. The SMILES string of the molecule is Cc1nc(C(=O)N2C[C@@H]3c4cc(-c5ccoc5)ccc4S(=O)(=O)[C@H]3C2)cs1. The number of likely N-dealkylation sites (tertiary alicyclic amines) is 1. The number of hydrogen-bond acceptors (Lipinski definition) is 6. The standard InChI is InChI=1S/C19H16N2O4S2/c1-11-20-16(10-26-11)19(22)21-7-15-14-6-12(13-4-5-25-9-13)2-3-17(14)27(23,24)18(15)8-21/h2-6,9-10,15,18H,7-8H2,1H3/t15-,18+/m1/s1. The van der Waals surface area contributed by atoms with Crippen LogP contribution >= 0.6 is 11.3 Å². The maximum absolute atomic E-state index is 13.0. The lowest BCUT2D eigenvalue weighted by Crippen LogP contribution is -2.31. The molecule has 0 bridgehead atoms. The molecule has 8 heteroatoms. The van der Waals surface area contributed by atoms with Gasteiger partial charge in [0.15, 0.2) is 9.84 Å². The summed E-state index contributed by atoms with van der Waals surface area (Å²) in [6, 6.07) is 7.26. The summed E-state index contributed by atoms with van der Waals surface area (Å²) in [5, 5.41) is 1.96. The molecule has 138 valence electrons. The molecule has 4 heterocycles. The monoisotopic (exact) mass is 400 g/mol. The van der Waals surface area contributed by atoms with Crippen molar-refractivity contribution in [2.45, 2.75) is 23.0 Å². The van der Waals surface area contributed by atoms with Gasteiger partial charge in [0.25, 0.3) is 5.91 Å². The molecule has 2 aliphatic heterocycles. The Morgan fingerprint density at radius 2 is 2.11 bits per heavy atom. The van der Waals surface area contributed by atoms with Gasteiger partial charge in [-0.1, -0.05) is 6.07 Å². The molecule has 5 rings (SSSR count). The van der Waals surface area contributed by atoms with Crippen molar-refractivity contribution >= 4 is 27.1 Å². The summed E-state index contributed by atoms with van der Waals surface area (Å²) in [4.78, 5) is 19.0. The Bertz CT molecular complexity index is 1150. The van der Waals surface area contributed by atoms with E-state index < -0.39 is 15.1 Å². The zero-order valence-corrected chi connectivity index (χ0v) is 16.1. The minimum Gasteiger partial charge on any atom is -0.472 e. The van der Waals surface area contributed by atoms with E-state index in [-0.39, 0.29) is 18.4 Å². The maximum atomic E-state index is 13.0. The zero-order valence-electron chi connectivity index (χ0n) is 14.5. The van der Waals surface area contributed by atoms with Gasteiger partial charge in [-0.2, -0.15) is 0 Å². The van der Waals surface area contributed by atoms with Gasteiger partial charge in [0.2, 0.25) is 0 Å². The number of carbonyl (C=O) groups is 1. The Labute approximate surface area is 160 Å². The van der Waals surface area contributed by atoms with Crippen LogP contribution in [0.15, 0.2) is 51.5 Å². The van der Waals surface area contributed by atoms with Gasteiger partial charge in [-0.25, -0.2) is 13.4 Å². The van der Waals surface area contributed by atoms with E-state index in [0.29, 0.717) is 17.1 Å². The summed E-state index contributed by atoms with van der Waals surface area (Å²) in [6.07, 6.45) is 3.23. The number of hydrogen-bond donors (Lipinski definition) is 0. The van der Waals surface area contributed by atoms with E-state index in [4.69, 9.17) is 4.42 Å². The quantitative estimate of drug-likeness (QED) is 0.660. The number of thiazole rings is 1. The predicted octanol–water partition coefficient (Wildman–Crippen LogP) is 3.11. The van der Waals surface area contributed by atoms with Crippen molar-refractivity contribution in [1.29, 1.82) is 0 Å². The van der Waals surface area contributed by atoms with Gasteiger partial charge in [-0.3, -0.25) is 4.79 Å². The largest absolute Gasteiger partial charge is 0.472 e. The topological polar surface area (TPSA) is 80.5 Å². The molecule has 0 aliphatic carbocycles. The minimum absolute atomic E-state index is 0.198. The number of aromatic nitrogens is 1. The van der Waals surface area contributed by atoms with E-state index in [0.717, 1.165) is 21.7 Å². The number of benzene rings is 1. The highest BCUT2D eigenvalue weighted by Crippen LogP contribution is 2.46. The minimum atomic E-state index is -3.45. The second kappa shape index (κ2) is 5.77. The molecule has 0 radical (unpaired) electrons. The number of sulfone groups is 1. The molecule has 1 aromatic carbocycles. The molecular formula is C19H16N2O4S2. The van der Waals surface area contributed by atoms with Crippen LogP contribution in [0.4, 0.5) is 0 Å². The molecule has 0 N–H and O–H groups in total. The van der Waals surface area contributed by atoms with Crippen molar-refractivity contribution in [3.05, 3.63) is 58.4 Å². The van der Waals surface area contributed by atoms with E-state index in [1.165, 1.54) is 11.3 Å². The highest BCUT2D eigenvalue weighted by atomic mass is 32.2. The Morgan fingerprint density at radius 1 is 1.26 bits per heavy atom. The molecule has 27 heavy (non-hydrogen) atoms. The van der Waals surface area contributed by atoms with Gasteiger partial charge in [-0.15, -0.1) is 11.3 Å². The third kappa shape index (κ3) is 2.47. The van der Waals surface area contributed by atoms with Crippen molar-refractivity contribution in [2.24, 2.45) is 0 Å². The predicted molar refractivity (Wildman–Crippen MR) is 101 cm³/mol. The lowest BCUT2D eigenvalue weighted by Gasteiger charge is -2.16. The van der Waals surface area contributed by atoms with E-state index in [1.54, 1.807) is 28.9 Å². The number of aryl methyl sites for hydroxylation is 1. The van der Waals surface area contributed by atoms with Crippen LogP contribution in [0.5, 0.6) is 0 Å². The van der Waals surface area contributed by atoms with Crippen molar-refractivity contribution in [1.82, 2.24) is 9.88 Å². The molecular weight excluding hydrogens is 384 g/mol. The lowest BCUT2D eigenvalue weighted by atomic mass is 9.95. The fourth-order valence-electron chi connectivity index (χ4n) is 4.05. The number of nitrogens with zero attached hydrogens (tertiary/aromatic N) is 2. The fourth-order valence-corrected chi connectivity index (χ4v) is 6.80. The number of fused-ring (bicyclic) bond motifs is 3. The zero-order chi connectivity index (χ0) is 18.8. The molecule has 1 saturated heterocycles. The Balaban J connectivity index is 1.52.